The van der Waals surface area contributed by atoms with Gasteiger partial charge in [-0.15, -0.1) is 0 Å². The van der Waals surface area contributed by atoms with E-state index in [1.165, 1.54) is 12.1 Å². The Balaban J connectivity index is 1.66. The molecule has 8 heteroatoms. The Morgan fingerprint density at radius 2 is 1.63 bits per heavy atom. The minimum Gasteiger partial charge on any atom is -0.491 e. The third-order valence-electron chi connectivity index (χ3n) is 4.62. The van der Waals surface area contributed by atoms with Crippen molar-refractivity contribution in [2.45, 2.75) is 33.0 Å². The highest BCUT2D eigenvalue weighted by Gasteiger charge is 2.16. The van der Waals surface area contributed by atoms with E-state index in [9.17, 15) is 14.0 Å². The maximum atomic E-state index is 13.5. The Hall–Kier alpha value is -4.07. The first-order valence-corrected chi connectivity index (χ1v) is 11.2. The fourth-order valence-electron chi connectivity index (χ4n) is 3.09. The fourth-order valence-corrected chi connectivity index (χ4v) is 3.09. The molecule has 3 aromatic carbocycles. The Morgan fingerprint density at radius 1 is 0.914 bits per heavy atom. The van der Waals surface area contributed by atoms with E-state index in [2.05, 4.69) is 10.6 Å². The van der Waals surface area contributed by atoms with Gasteiger partial charge in [0, 0.05) is 11.3 Å². The van der Waals surface area contributed by atoms with Crippen LogP contribution in [0, 0.1) is 5.82 Å². The van der Waals surface area contributed by atoms with E-state index in [1.54, 1.807) is 51.1 Å². The molecule has 0 atom stereocenters. The van der Waals surface area contributed by atoms with Crippen molar-refractivity contribution in [1.29, 1.82) is 0 Å². The van der Waals surface area contributed by atoms with Gasteiger partial charge in [-0.05, 0) is 62.2 Å². The summed E-state index contributed by atoms with van der Waals surface area (Å²) in [6.45, 7) is 5.90. The minimum absolute atomic E-state index is 0.142. The van der Waals surface area contributed by atoms with Crippen molar-refractivity contribution in [1.82, 2.24) is 5.32 Å². The number of benzene rings is 3. The van der Waals surface area contributed by atoms with Crippen molar-refractivity contribution in [2.24, 2.45) is 0 Å². The second-order valence-corrected chi connectivity index (χ2v) is 8.68. The molecule has 0 spiro atoms. The molecule has 0 fully saturated rings. The SMILES string of the molecule is CC(C)(C)OC(=O)NCCOc1ccc(NC(=O)OCc2ccccc2)cc1-c1ccc(F)cc1. The van der Waals surface area contributed by atoms with Crippen LogP contribution in [0.1, 0.15) is 26.3 Å². The first kappa shape index (κ1) is 25.6. The van der Waals surface area contributed by atoms with Crippen molar-refractivity contribution < 1.29 is 28.2 Å². The van der Waals surface area contributed by atoms with E-state index in [4.69, 9.17) is 14.2 Å². The number of hydrogen-bond acceptors (Lipinski definition) is 5. The third-order valence-corrected chi connectivity index (χ3v) is 4.62. The number of ether oxygens (including phenoxy) is 3. The number of rotatable bonds is 8. The molecule has 7 nitrogen and oxygen atoms in total. The smallest absolute Gasteiger partial charge is 0.411 e. The molecule has 0 saturated heterocycles. The molecule has 0 heterocycles. The van der Waals surface area contributed by atoms with Crippen LogP contribution < -0.4 is 15.4 Å². The second-order valence-electron chi connectivity index (χ2n) is 8.68. The van der Waals surface area contributed by atoms with Crippen LogP contribution in [0.15, 0.2) is 72.8 Å². The van der Waals surface area contributed by atoms with Crippen LogP contribution in [0.2, 0.25) is 0 Å². The highest BCUT2D eigenvalue weighted by atomic mass is 19.1. The standard InChI is InChI=1S/C27H29FN2O5/c1-27(2,3)35-25(31)29-15-16-33-24-14-13-22(17-23(24)20-9-11-21(28)12-10-20)30-26(32)34-18-19-7-5-4-6-8-19/h4-14,17H,15-16,18H2,1-3H3,(H,29,31)(H,30,32). The van der Waals surface area contributed by atoms with Crippen molar-refractivity contribution in [3.05, 3.63) is 84.2 Å². The average molecular weight is 481 g/mol. The van der Waals surface area contributed by atoms with E-state index in [1.807, 2.05) is 30.3 Å². The zero-order chi connectivity index (χ0) is 25.3. The summed E-state index contributed by atoms with van der Waals surface area (Å²) in [5, 5.41) is 5.33. The van der Waals surface area contributed by atoms with Gasteiger partial charge >= 0.3 is 12.2 Å². The first-order chi connectivity index (χ1) is 16.7. The van der Waals surface area contributed by atoms with Gasteiger partial charge in [-0.2, -0.15) is 0 Å². The zero-order valence-electron chi connectivity index (χ0n) is 20.0. The largest absolute Gasteiger partial charge is 0.491 e. The molecular weight excluding hydrogens is 451 g/mol. The summed E-state index contributed by atoms with van der Waals surface area (Å²) in [4.78, 5) is 24.1. The molecular formula is C27H29FN2O5. The summed E-state index contributed by atoms with van der Waals surface area (Å²) in [6.07, 6.45) is -1.14. The molecule has 184 valence electrons. The number of carbonyl (C=O) groups is 2. The van der Waals surface area contributed by atoms with E-state index in [0.29, 0.717) is 22.6 Å². The molecule has 2 N–H and O–H groups in total. The maximum Gasteiger partial charge on any atom is 0.411 e. The summed E-state index contributed by atoms with van der Waals surface area (Å²) in [5.41, 5.74) is 2.11. The molecule has 0 saturated carbocycles. The average Bonchev–Trinajstić information content (AvgIpc) is 2.81. The van der Waals surface area contributed by atoms with E-state index < -0.39 is 17.8 Å². The van der Waals surface area contributed by atoms with Gasteiger partial charge in [0.25, 0.3) is 0 Å². The summed E-state index contributed by atoms with van der Waals surface area (Å²) < 4.78 is 29.8. The predicted octanol–water partition coefficient (Wildman–Crippen LogP) is 6.14. The van der Waals surface area contributed by atoms with Gasteiger partial charge in [-0.1, -0.05) is 42.5 Å². The van der Waals surface area contributed by atoms with Crippen molar-refractivity contribution in [3.8, 4) is 16.9 Å². The number of carbonyl (C=O) groups excluding carboxylic acids is 2. The van der Waals surface area contributed by atoms with Crippen LogP contribution in [0.3, 0.4) is 0 Å². The number of amides is 2. The quantitative estimate of drug-likeness (QED) is 0.378. The van der Waals surface area contributed by atoms with E-state index in [0.717, 1.165) is 5.56 Å². The number of hydrogen-bond donors (Lipinski definition) is 2. The van der Waals surface area contributed by atoms with Gasteiger partial charge in [-0.3, -0.25) is 5.32 Å². The van der Waals surface area contributed by atoms with Gasteiger partial charge in [0.1, 0.15) is 30.4 Å². The fraction of sp³-hybridized carbons (Fsp3) is 0.259. The lowest BCUT2D eigenvalue weighted by molar-refractivity contribution is 0.0520. The number of anilines is 1. The molecule has 0 bridgehead atoms. The molecule has 0 aromatic heterocycles. The lowest BCUT2D eigenvalue weighted by Crippen LogP contribution is -2.34. The Kier molecular flexibility index (Phi) is 8.67. The lowest BCUT2D eigenvalue weighted by Gasteiger charge is -2.20. The van der Waals surface area contributed by atoms with Gasteiger partial charge < -0.3 is 19.5 Å². The summed E-state index contributed by atoms with van der Waals surface area (Å²) in [6, 6.07) is 20.4. The second kappa shape index (κ2) is 11.9. The first-order valence-electron chi connectivity index (χ1n) is 11.2. The monoisotopic (exact) mass is 480 g/mol. The Labute approximate surface area is 204 Å². The highest BCUT2D eigenvalue weighted by molar-refractivity contribution is 5.87. The molecule has 35 heavy (non-hydrogen) atoms. The van der Waals surface area contributed by atoms with E-state index >= 15 is 0 Å². The molecule has 2 amide bonds. The van der Waals surface area contributed by atoms with Crippen molar-refractivity contribution in [3.63, 3.8) is 0 Å². The van der Waals surface area contributed by atoms with Crippen LogP contribution in [-0.2, 0) is 16.1 Å². The molecule has 0 aliphatic carbocycles. The van der Waals surface area contributed by atoms with Gasteiger partial charge in [0.15, 0.2) is 0 Å². The van der Waals surface area contributed by atoms with Gasteiger partial charge in [0.05, 0.1) is 6.54 Å². The van der Waals surface area contributed by atoms with Gasteiger partial charge in [-0.25, -0.2) is 14.0 Å². The van der Waals surface area contributed by atoms with Crippen LogP contribution in [0.5, 0.6) is 5.75 Å². The summed E-state index contributed by atoms with van der Waals surface area (Å²) in [7, 11) is 0. The Morgan fingerprint density at radius 3 is 2.31 bits per heavy atom. The van der Waals surface area contributed by atoms with Crippen LogP contribution in [0.25, 0.3) is 11.1 Å². The highest BCUT2D eigenvalue weighted by Crippen LogP contribution is 2.33. The molecule has 0 aliphatic heterocycles. The van der Waals surface area contributed by atoms with Crippen molar-refractivity contribution in [2.75, 3.05) is 18.5 Å². The van der Waals surface area contributed by atoms with E-state index in [-0.39, 0.29) is 25.6 Å². The zero-order valence-corrected chi connectivity index (χ0v) is 20.0. The number of nitrogens with one attached hydrogen (secondary N) is 2. The number of halogens is 1. The van der Waals surface area contributed by atoms with Gasteiger partial charge in [0.2, 0.25) is 0 Å². The maximum absolute atomic E-state index is 13.5. The van der Waals surface area contributed by atoms with Crippen LogP contribution in [0.4, 0.5) is 19.7 Å². The third kappa shape index (κ3) is 8.66. The molecule has 0 aliphatic rings. The normalized spacial score (nSPS) is 10.9. The Bertz CT molecular complexity index is 1130. The molecule has 0 radical (unpaired) electrons. The van der Waals surface area contributed by atoms with Crippen LogP contribution in [-0.4, -0.2) is 30.9 Å². The minimum atomic E-state index is -0.603. The molecule has 3 rings (SSSR count). The topological polar surface area (TPSA) is 85.9 Å². The van der Waals surface area contributed by atoms with Crippen LogP contribution >= 0.6 is 0 Å². The molecule has 3 aromatic rings. The summed E-state index contributed by atoms with van der Waals surface area (Å²) in [5.74, 6) is 0.141. The van der Waals surface area contributed by atoms with Crippen molar-refractivity contribution >= 4 is 17.9 Å². The number of alkyl carbamates (subject to hydrolysis) is 1. The lowest BCUT2D eigenvalue weighted by atomic mass is 10.0. The molecule has 0 unspecified atom stereocenters. The predicted molar refractivity (Wildman–Crippen MR) is 132 cm³/mol. The summed E-state index contributed by atoms with van der Waals surface area (Å²) >= 11 is 0.